The van der Waals surface area contributed by atoms with Gasteiger partial charge < -0.3 is 14.8 Å². The number of alkyl halides is 3. The highest BCUT2D eigenvalue weighted by atomic mass is 35.5. The predicted molar refractivity (Wildman–Crippen MR) is 169 cm³/mol. The standard InChI is InChI=1S/C32H26Cl2F3N5O4/c1-4-22(43)13-19-12-21(32(35,36)37)10-11-23(19)39-30-38-15-20-17-41(28-26(33)24(45-2)14-25(46-3)27(28)34)31(44)42(29(20)40-30)16-18-8-6-5-7-9-18/h4-12,14-15H,1,13,16-17H2,2-3H3,(H,38,39,40). The number of rotatable bonds is 10. The Hall–Kier alpha value is -4.81. The van der Waals surface area contributed by atoms with E-state index in [1.54, 1.807) is 0 Å². The highest BCUT2D eigenvalue weighted by Crippen LogP contribution is 2.48. The molecule has 46 heavy (non-hydrogen) atoms. The number of urea groups is 1. The fraction of sp³-hybridized carbons (Fsp3) is 0.188. The number of allylic oxidation sites excluding steroid dienone is 1. The van der Waals surface area contributed by atoms with Crippen LogP contribution in [0.5, 0.6) is 11.5 Å². The van der Waals surface area contributed by atoms with E-state index in [0.29, 0.717) is 5.56 Å². The lowest BCUT2D eigenvalue weighted by Gasteiger charge is -2.37. The number of carbonyl (C=O) groups is 2. The molecular formula is C32H26Cl2F3N5O4. The van der Waals surface area contributed by atoms with E-state index in [2.05, 4.69) is 21.9 Å². The van der Waals surface area contributed by atoms with Crippen LogP contribution in [-0.2, 0) is 30.5 Å². The third-order valence-electron chi connectivity index (χ3n) is 7.16. The van der Waals surface area contributed by atoms with Crippen molar-refractivity contribution < 1.29 is 32.2 Å². The van der Waals surface area contributed by atoms with E-state index >= 15 is 0 Å². The Morgan fingerprint density at radius 3 is 2.35 bits per heavy atom. The Kier molecular flexibility index (Phi) is 9.40. The maximum absolute atomic E-state index is 14.2. The summed E-state index contributed by atoms with van der Waals surface area (Å²) in [5.41, 5.74) is 0.804. The molecule has 2 amide bonds. The second-order valence-corrected chi connectivity index (χ2v) is 10.8. The summed E-state index contributed by atoms with van der Waals surface area (Å²) in [4.78, 5) is 38.1. The molecule has 238 valence electrons. The molecule has 0 unspecified atom stereocenters. The number of anilines is 4. The summed E-state index contributed by atoms with van der Waals surface area (Å²) in [6.45, 7) is 3.47. The number of hydrogen-bond donors (Lipinski definition) is 1. The highest BCUT2D eigenvalue weighted by Gasteiger charge is 2.37. The molecule has 1 aromatic heterocycles. The third kappa shape index (κ3) is 6.58. The number of aromatic nitrogens is 2. The number of nitrogens with one attached hydrogen (secondary N) is 1. The number of carbonyl (C=O) groups excluding carboxylic acids is 2. The third-order valence-corrected chi connectivity index (χ3v) is 7.89. The van der Waals surface area contributed by atoms with Crippen molar-refractivity contribution in [2.45, 2.75) is 25.7 Å². The van der Waals surface area contributed by atoms with Crippen LogP contribution in [0, 0.1) is 0 Å². The first-order chi connectivity index (χ1) is 21.9. The quantitative estimate of drug-likeness (QED) is 0.171. The molecule has 0 saturated heterocycles. The van der Waals surface area contributed by atoms with Gasteiger partial charge in [-0.2, -0.15) is 18.2 Å². The minimum absolute atomic E-state index is 0.00997. The summed E-state index contributed by atoms with van der Waals surface area (Å²) in [5.74, 6) is 0.248. The van der Waals surface area contributed by atoms with Gasteiger partial charge in [0.05, 0.1) is 38.6 Å². The van der Waals surface area contributed by atoms with Crippen LogP contribution < -0.4 is 24.6 Å². The predicted octanol–water partition coefficient (Wildman–Crippen LogP) is 8.01. The van der Waals surface area contributed by atoms with Gasteiger partial charge in [-0.1, -0.05) is 60.1 Å². The van der Waals surface area contributed by atoms with Crippen molar-refractivity contribution in [3.05, 3.63) is 106 Å². The number of nitrogens with zero attached hydrogens (tertiary/aromatic N) is 4. The van der Waals surface area contributed by atoms with Crippen LogP contribution in [0.4, 0.5) is 41.1 Å². The van der Waals surface area contributed by atoms with E-state index < -0.39 is 23.6 Å². The van der Waals surface area contributed by atoms with Gasteiger partial charge in [0.15, 0.2) is 5.78 Å². The van der Waals surface area contributed by atoms with Crippen molar-refractivity contribution in [1.29, 1.82) is 0 Å². The van der Waals surface area contributed by atoms with Gasteiger partial charge in [0.2, 0.25) is 5.95 Å². The number of hydrogen-bond acceptors (Lipinski definition) is 7. The first-order valence-electron chi connectivity index (χ1n) is 13.7. The van der Waals surface area contributed by atoms with E-state index in [-0.39, 0.29) is 69.8 Å². The zero-order valence-corrected chi connectivity index (χ0v) is 26.0. The molecule has 0 fully saturated rings. The van der Waals surface area contributed by atoms with Crippen LogP contribution in [0.2, 0.25) is 10.0 Å². The van der Waals surface area contributed by atoms with Crippen LogP contribution in [0.25, 0.3) is 0 Å². The lowest BCUT2D eigenvalue weighted by atomic mass is 10.0. The van der Waals surface area contributed by atoms with Crippen molar-refractivity contribution in [3.63, 3.8) is 0 Å². The molecular weight excluding hydrogens is 646 g/mol. The molecule has 1 N–H and O–H groups in total. The first-order valence-corrected chi connectivity index (χ1v) is 14.4. The number of ketones is 1. The number of ether oxygens (including phenoxy) is 2. The molecule has 2 heterocycles. The molecule has 3 aromatic carbocycles. The van der Waals surface area contributed by atoms with Gasteiger partial charge in [-0.05, 0) is 35.4 Å². The summed E-state index contributed by atoms with van der Waals surface area (Å²) >= 11 is 13.3. The Morgan fingerprint density at radius 2 is 1.74 bits per heavy atom. The topological polar surface area (TPSA) is 96.9 Å². The lowest BCUT2D eigenvalue weighted by molar-refractivity contribution is -0.137. The molecule has 1 aliphatic rings. The van der Waals surface area contributed by atoms with Crippen LogP contribution in [-0.4, -0.2) is 36.0 Å². The molecule has 0 bridgehead atoms. The number of benzene rings is 3. The Bertz CT molecular complexity index is 1790. The van der Waals surface area contributed by atoms with E-state index in [1.807, 2.05) is 30.3 Å². The van der Waals surface area contributed by atoms with E-state index in [0.717, 1.165) is 23.8 Å². The average molecular weight is 672 g/mol. The van der Waals surface area contributed by atoms with Gasteiger partial charge in [0, 0.05) is 29.9 Å². The number of fused-ring (bicyclic) bond motifs is 1. The molecule has 0 atom stereocenters. The van der Waals surface area contributed by atoms with Gasteiger partial charge >= 0.3 is 12.2 Å². The lowest BCUT2D eigenvalue weighted by Crippen LogP contribution is -2.47. The maximum atomic E-state index is 14.2. The normalized spacial score (nSPS) is 12.9. The molecule has 9 nitrogen and oxygen atoms in total. The summed E-state index contributed by atoms with van der Waals surface area (Å²) in [5, 5.41) is 3.10. The van der Waals surface area contributed by atoms with Crippen LogP contribution in [0.15, 0.2) is 73.4 Å². The molecule has 14 heteroatoms. The van der Waals surface area contributed by atoms with Gasteiger partial charge in [-0.25, -0.2) is 9.78 Å². The van der Waals surface area contributed by atoms with Gasteiger partial charge in [0.1, 0.15) is 27.4 Å². The smallest absolute Gasteiger partial charge is 0.416 e. The summed E-state index contributed by atoms with van der Waals surface area (Å²) in [6, 6.07) is 13.1. The molecule has 0 saturated carbocycles. The SMILES string of the molecule is C=CC(=O)Cc1cc(C(F)(F)F)ccc1Nc1ncc2c(n1)N(Cc1ccccc1)C(=O)N(c1c(Cl)c(OC)cc(OC)c1Cl)C2. The Balaban J connectivity index is 1.59. The molecule has 1 aliphatic heterocycles. The molecule has 0 aliphatic carbocycles. The minimum atomic E-state index is -4.62. The average Bonchev–Trinajstić information content (AvgIpc) is 3.04. The van der Waals surface area contributed by atoms with Gasteiger partial charge in [0.25, 0.3) is 0 Å². The van der Waals surface area contributed by atoms with Gasteiger partial charge in [-0.15, -0.1) is 0 Å². The van der Waals surface area contributed by atoms with Crippen molar-refractivity contribution in [2.75, 3.05) is 29.3 Å². The highest BCUT2D eigenvalue weighted by molar-refractivity contribution is 6.42. The van der Waals surface area contributed by atoms with E-state index in [1.165, 1.54) is 42.3 Å². The minimum Gasteiger partial charge on any atom is -0.495 e. The summed E-state index contributed by atoms with van der Waals surface area (Å²) < 4.78 is 51.2. The van der Waals surface area contributed by atoms with Crippen molar-refractivity contribution in [3.8, 4) is 11.5 Å². The van der Waals surface area contributed by atoms with Crippen LogP contribution in [0.3, 0.4) is 0 Å². The number of amides is 2. The van der Waals surface area contributed by atoms with Crippen LogP contribution >= 0.6 is 23.2 Å². The van der Waals surface area contributed by atoms with E-state index in [9.17, 15) is 22.8 Å². The van der Waals surface area contributed by atoms with Crippen LogP contribution in [0.1, 0.15) is 22.3 Å². The molecule has 4 aromatic rings. The number of halogens is 5. The fourth-order valence-corrected chi connectivity index (χ4v) is 5.59. The molecule has 0 radical (unpaired) electrons. The zero-order chi connectivity index (χ0) is 33.2. The van der Waals surface area contributed by atoms with E-state index in [4.69, 9.17) is 32.7 Å². The second kappa shape index (κ2) is 13.3. The fourth-order valence-electron chi connectivity index (χ4n) is 4.89. The summed E-state index contributed by atoms with van der Waals surface area (Å²) in [7, 11) is 2.84. The first kappa shape index (κ1) is 32.6. The van der Waals surface area contributed by atoms with Crippen molar-refractivity contribution in [1.82, 2.24) is 9.97 Å². The Morgan fingerprint density at radius 1 is 1.07 bits per heavy atom. The zero-order valence-electron chi connectivity index (χ0n) is 24.5. The molecule has 5 rings (SSSR count). The Labute approximate surface area is 272 Å². The largest absolute Gasteiger partial charge is 0.495 e. The summed E-state index contributed by atoms with van der Waals surface area (Å²) in [6.07, 6.45) is -2.43. The van der Waals surface area contributed by atoms with Crippen molar-refractivity contribution >= 4 is 58.2 Å². The van der Waals surface area contributed by atoms with Crippen molar-refractivity contribution in [2.24, 2.45) is 0 Å². The number of methoxy groups -OCH3 is 2. The maximum Gasteiger partial charge on any atom is 0.416 e. The van der Waals surface area contributed by atoms with Gasteiger partial charge in [-0.3, -0.25) is 14.6 Å². The molecule has 0 spiro atoms. The monoisotopic (exact) mass is 671 g/mol. The second-order valence-electron chi connectivity index (χ2n) is 10.1.